The number of thioether (sulfide) groups is 2. The second-order valence-corrected chi connectivity index (χ2v) is 23.9. The quantitative estimate of drug-likeness (QED) is 0.0422. The summed E-state index contributed by atoms with van der Waals surface area (Å²) in [6.07, 6.45) is 12.8. The van der Waals surface area contributed by atoms with Crippen molar-refractivity contribution in [2.75, 3.05) is 19.8 Å². The molecule has 14 nitrogen and oxygen atoms in total. The first kappa shape index (κ1) is 56.7. The molecule has 0 atom stereocenters. The van der Waals surface area contributed by atoms with E-state index in [2.05, 4.69) is 13.5 Å². The van der Waals surface area contributed by atoms with E-state index in [9.17, 15) is 39.3 Å². The number of fused-ring (bicyclic) bond motifs is 1. The molecule has 0 unspecified atom stereocenters. The summed E-state index contributed by atoms with van der Waals surface area (Å²) in [6.45, 7) is 15.3. The number of nitriles is 2. The number of rotatable bonds is 19. The Morgan fingerprint density at radius 1 is 0.671 bits per heavy atom. The van der Waals surface area contributed by atoms with Crippen molar-refractivity contribution in [3.63, 3.8) is 0 Å². The maximum Gasteiger partial charge on any atom is 0.330 e. The summed E-state index contributed by atoms with van der Waals surface area (Å²) in [5.41, 5.74) is 0.274. The SMILES string of the molecule is C=CC(=O)OCC(C)(C)COC(=O)CCC(=O)OCCc1ccc(OC(=O)C2CCC(C(=O)Oc3cc(C(C)(C)C)c(OC(=O)C4CCC(C5CCC(CC)CC5)CC4)c4c3SC(=C(C#N)C#N)S4)CC2)cc1. The molecule has 1 heterocycles. The Balaban J connectivity index is 0.988. The summed E-state index contributed by atoms with van der Waals surface area (Å²) in [6, 6.07) is 12.6. The summed E-state index contributed by atoms with van der Waals surface area (Å²) in [5.74, 6) is -0.727. The predicted molar refractivity (Wildman–Crippen MR) is 275 cm³/mol. The van der Waals surface area contributed by atoms with Crippen LogP contribution in [0.4, 0.5) is 0 Å². The van der Waals surface area contributed by atoms with Crippen LogP contribution in [-0.4, -0.2) is 55.6 Å². The highest BCUT2D eigenvalue weighted by Crippen LogP contribution is 2.61. The monoisotopic (exact) mass is 1040 g/mol. The average Bonchev–Trinajstić information content (AvgIpc) is 3.84. The van der Waals surface area contributed by atoms with Crippen molar-refractivity contribution in [1.82, 2.24) is 0 Å². The van der Waals surface area contributed by atoms with E-state index >= 15 is 0 Å². The van der Waals surface area contributed by atoms with Crippen LogP contribution < -0.4 is 14.2 Å². The summed E-state index contributed by atoms with van der Waals surface area (Å²) in [4.78, 5) is 78.1. The molecule has 392 valence electrons. The van der Waals surface area contributed by atoms with Crippen LogP contribution in [0.25, 0.3) is 0 Å². The van der Waals surface area contributed by atoms with E-state index in [1.54, 1.807) is 44.2 Å². The number of hydrogen-bond donors (Lipinski definition) is 0. The second kappa shape index (κ2) is 26.1. The number of ether oxygens (including phenoxy) is 6. The van der Waals surface area contributed by atoms with Gasteiger partial charge in [-0.15, -0.1) is 0 Å². The van der Waals surface area contributed by atoms with Crippen molar-refractivity contribution in [2.45, 2.75) is 159 Å². The first-order chi connectivity index (χ1) is 34.8. The number of hydrogen-bond acceptors (Lipinski definition) is 16. The van der Waals surface area contributed by atoms with E-state index in [1.165, 1.54) is 43.9 Å². The lowest BCUT2D eigenvalue weighted by molar-refractivity contribution is -0.154. The number of benzene rings is 2. The second-order valence-electron chi connectivity index (χ2n) is 21.6. The standard InChI is InChI=1S/C57H70N2O12S2/c1-8-35-10-14-37(15-11-35)38-16-18-41(19-17-38)54(65)71-49-44(56(3,4)5)30-45(50-51(49)73-55(72-50)42(31-58)32-59)70-53(64)40-22-20-39(21-23-40)52(63)69-43-24-12-36(13-25-43)28-29-66-47(61)26-27-48(62)68-34-57(6,7)33-67-46(60)9-2/h9,12-13,24-25,30,35,37-41H,2,8,10-11,14-23,26-29,33-34H2,1,3-7H3. The fourth-order valence-corrected chi connectivity index (χ4v) is 12.5. The summed E-state index contributed by atoms with van der Waals surface area (Å²) >= 11 is 2.35. The molecule has 6 rings (SSSR count). The number of allylic oxidation sites excluding steroid dienone is 1. The summed E-state index contributed by atoms with van der Waals surface area (Å²) in [5, 5.41) is 19.7. The number of nitrogens with zero attached hydrogens (tertiary/aromatic N) is 2. The molecular weight excluding hydrogens is 969 g/mol. The Morgan fingerprint density at radius 2 is 1.18 bits per heavy atom. The van der Waals surface area contributed by atoms with Crippen LogP contribution in [0.15, 0.2) is 62.6 Å². The Kier molecular flexibility index (Phi) is 20.3. The smallest absolute Gasteiger partial charge is 0.330 e. The normalized spacial score (nSPS) is 21.8. The van der Waals surface area contributed by atoms with Gasteiger partial charge in [0, 0.05) is 23.5 Å². The third-order valence-corrected chi connectivity index (χ3v) is 17.2. The molecule has 2 aromatic carbocycles. The van der Waals surface area contributed by atoms with Gasteiger partial charge in [0.15, 0.2) is 0 Å². The van der Waals surface area contributed by atoms with Gasteiger partial charge in [-0.1, -0.05) is 103 Å². The molecule has 0 bridgehead atoms. The van der Waals surface area contributed by atoms with Gasteiger partial charge in [0.1, 0.15) is 35.0 Å². The molecule has 1 aliphatic heterocycles. The molecule has 16 heteroatoms. The van der Waals surface area contributed by atoms with Gasteiger partial charge in [-0.3, -0.25) is 24.0 Å². The fourth-order valence-electron chi connectivity index (χ4n) is 9.98. The van der Waals surface area contributed by atoms with Crippen LogP contribution in [0, 0.1) is 63.6 Å². The number of carbonyl (C=O) groups is 6. The Labute approximate surface area is 438 Å². The zero-order valence-corrected chi connectivity index (χ0v) is 44.8. The summed E-state index contributed by atoms with van der Waals surface area (Å²) in [7, 11) is 0. The zero-order valence-electron chi connectivity index (χ0n) is 43.2. The minimum Gasteiger partial charge on any atom is -0.465 e. The molecule has 73 heavy (non-hydrogen) atoms. The van der Waals surface area contributed by atoms with Gasteiger partial charge < -0.3 is 28.4 Å². The van der Waals surface area contributed by atoms with Crippen molar-refractivity contribution in [1.29, 1.82) is 10.5 Å². The molecule has 3 fully saturated rings. The molecular formula is C57H70N2O12S2. The van der Waals surface area contributed by atoms with Crippen molar-refractivity contribution < 1.29 is 57.2 Å². The van der Waals surface area contributed by atoms with E-state index in [1.807, 2.05) is 32.9 Å². The van der Waals surface area contributed by atoms with Crippen LogP contribution >= 0.6 is 23.5 Å². The van der Waals surface area contributed by atoms with Crippen LogP contribution in [0.1, 0.15) is 149 Å². The lowest BCUT2D eigenvalue weighted by Crippen LogP contribution is -2.31. The van der Waals surface area contributed by atoms with Gasteiger partial charge in [0.05, 0.1) is 64.4 Å². The predicted octanol–water partition coefficient (Wildman–Crippen LogP) is 11.9. The molecule has 3 saturated carbocycles. The maximum absolute atomic E-state index is 14.0. The zero-order chi connectivity index (χ0) is 52.9. The van der Waals surface area contributed by atoms with Crippen LogP contribution in [0.3, 0.4) is 0 Å². The lowest BCUT2D eigenvalue weighted by atomic mass is 9.69. The van der Waals surface area contributed by atoms with Gasteiger partial charge in [-0.05, 0) is 111 Å². The number of carbonyl (C=O) groups excluding carboxylic acids is 6. The topological polar surface area (TPSA) is 205 Å². The van der Waals surface area contributed by atoms with Crippen molar-refractivity contribution >= 4 is 59.3 Å². The highest BCUT2D eigenvalue weighted by Gasteiger charge is 2.39. The average molecular weight is 1040 g/mol. The van der Waals surface area contributed by atoms with E-state index in [0.717, 1.165) is 60.9 Å². The largest absolute Gasteiger partial charge is 0.465 e. The molecule has 0 aromatic heterocycles. The van der Waals surface area contributed by atoms with Crippen molar-refractivity contribution in [2.24, 2.45) is 40.9 Å². The van der Waals surface area contributed by atoms with Gasteiger partial charge in [0.2, 0.25) is 0 Å². The maximum atomic E-state index is 14.0. The van der Waals surface area contributed by atoms with Crippen LogP contribution in [0.5, 0.6) is 17.2 Å². The molecule has 4 aliphatic rings. The Bertz CT molecular complexity index is 2460. The van der Waals surface area contributed by atoms with Crippen molar-refractivity contribution in [3.05, 3.63) is 63.9 Å². The molecule has 0 saturated heterocycles. The van der Waals surface area contributed by atoms with Gasteiger partial charge in [0.25, 0.3) is 0 Å². The fraction of sp³-hybridized carbons (Fsp3) is 0.579. The lowest BCUT2D eigenvalue weighted by Gasteiger charge is -2.37. The van der Waals surface area contributed by atoms with Gasteiger partial charge >= 0.3 is 35.8 Å². The highest BCUT2D eigenvalue weighted by atomic mass is 32.2. The minimum absolute atomic E-state index is 0.00588. The summed E-state index contributed by atoms with van der Waals surface area (Å²) < 4.78 is 34.3. The van der Waals surface area contributed by atoms with Crippen molar-refractivity contribution in [3.8, 4) is 29.4 Å². The van der Waals surface area contributed by atoms with Crippen LogP contribution in [0.2, 0.25) is 0 Å². The van der Waals surface area contributed by atoms with Gasteiger partial charge in [-0.2, -0.15) is 10.5 Å². The number of esters is 6. The molecule has 3 aliphatic carbocycles. The first-order valence-corrected chi connectivity index (χ1v) is 27.4. The molecule has 0 radical (unpaired) electrons. The van der Waals surface area contributed by atoms with Gasteiger partial charge in [-0.25, -0.2) is 4.79 Å². The van der Waals surface area contributed by atoms with E-state index in [4.69, 9.17) is 28.4 Å². The molecule has 0 N–H and O–H groups in total. The van der Waals surface area contributed by atoms with E-state index in [-0.39, 0.29) is 55.9 Å². The third kappa shape index (κ3) is 16.0. The van der Waals surface area contributed by atoms with E-state index < -0.39 is 52.5 Å². The first-order valence-electron chi connectivity index (χ1n) is 25.8. The molecule has 0 spiro atoms. The molecule has 0 amide bonds. The van der Waals surface area contributed by atoms with Crippen LogP contribution in [-0.2, 0) is 54.8 Å². The Hall–Kier alpha value is -5.58. The molecule has 2 aromatic rings. The minimum atomic E-state index is -0.613. The van der Waals surface area contributed by atoms with E-state index in [0.29, 0.717) is 69.1 Å². The Morgan fingerprint density at radius 3 is 1.73 bits per heavy atom. The highest BCUT2D eigenvalue weighted by molar-refractivity contribution is 8.24. The third-order valence-electron chi connectivity index (χ3n) is 14.6.